The van der Waals surface area contributed by atoms with Crippen molar-refractivity contribution >= 4 is 0 Å². The Kier molecular flexibility index (Phi) is 6.07. The fourth-order valence-electron chi connectivity index (χ4n) is 2.53. The third-order valence-electron chi connectivity index (χ3n) is 3.83. The van der Waals surface area contributed by atoms with Gasteiger partial charge in [0, 0.05) is 20.2 Å². The van der Waals surface area contributed by atoms with E-state index in [1.165, 1.54) is 0 Å². The molecule has 1 aliphatic rings. The summed E-state index contributed by atoms with van der Waals surface area (Å²) < 4.78 is 5.52. The molecule has 1 saturated heterocycles. The molecule has 0 saturated carbocycles. The van der Waals surface area contributed by atoms with Crippen LogP contribution in [0.4, 0.5) is 0 Å². The van der Waals surface area contributed by atoms with Gasteiger partial charge in [-0.3, -0.25) is 10.2 Å². The van der Waals surface area contributed by atoms with Gasteiger partial charge in [0.1, 0.15) is 5.54 Å². The van der Waals surface area contributed by atoms with Crippen LogP contribution in [-0.2, 0) is 4.74 Å². The zero-order valence-electron chi connectivity index (χ0n) is 12.2. The lowest BCUT2D eigenvalue weighted by Gasteiger charge is -2.39. The predicted octanol–water partition coefficient (Wildman–Crippen LogP) is 1.63. The normalized spacial score (nSPS) is 28.6. The molecule has 0 amide bonds. The molecule has 0 spiro atoms. The molecule has 1 heterocycles. The molecule has 0 aromatic heterocycles. The third kappa shape index (κ3) is 4.24. The summed E-state index contributed by atoms with van der Waals surface area (Å²) in [5.74, 6) is 0.614. The highest BCUT2D eigenvalue weighted by molar-refractivity contribution is 5.06. The summed E-state index contributed by atoms with van der Waals surface area (Å²) >= 11 is 0. The predicted molar refractivity (Wildman–Crippen MR) is 73.3 cm³/mol. The maximum absolute atomic E-state index is 9.35. The maximum atomic E-state index is 9.35. The van der Waals surface area contributed by atoms with E-state index in [1.54, 1.807) is 7.11 Å². The molecule has 18 heavy (non-hydrogen) atoms. The van der Waals surface area contributed by atoms with Crippen LogP contribution in [0, 0.1) is 17.2 Å². The lowest BCUT2D eigenvalue weighted by Crippen LogP contribution is -2.54. The smallest absolute Gasteiger partial charge is 0.116 e. The minimum Gasteiger partial charge on any atom is -0.380 e. The highest BCUT2D eigenvalue weighted by atomic mass is 16.5. The van der Waals surface area contributed by atoms with Crippen molar-refractivity contribution in [2.75, 3.05) is 33.3 Å². The van der Waals surface area contributed by atoms with Crippen molar-refractivity contribution < 1.29 is 4.74 Å². The van der Waals surface area contributed by atoms with E-state index in [9.17, 15) is 5.26 Å². The van der Waals surface area contributed by atoms with Gasteiger partial charge in [-0.25, -0.2) is 0 Å². The Morgan fingerprint density at radius 2 is 2.28 bits per heavy atom. The van der Waals surface area contributed by atoms with E-state index in [4.69, 9.17) is 4.74 Å². The van der Waals surface area contributed by atoms with Gasteiger partial charge in [0.15, 0.2) is 0 Å². The first-order valence-corrected chi connectivity index (χ1v) is 6.96. The van der Waals surface area contributed by atoms with E-state index in [-0.39, 0.29) is 0 Å². The average molecular weight is 253 g/mol. The number of rotatable bonds is 6. The summed E-state index contributed by atoms with van der Waals surface area (Å²) in [6.45, 7) is 10.0. The highest BCUT2D eigenvalue weighted by Crippen LogP contribution is 2.20. The second-order valence-electron chi connectivity index (χ2n) is 5.65. The van der Waals surface area contributed by atoms with Crippen molar-refractivity contribution in [1.29, 1.82) is 5.26 Å². The molecular formula is C14H27N3O. The molecule has 1 rings (SSSR count). The molecule has 0 aliphatic carbocycles. The Bertz CT molecular complexity index is 289. The topological polar surface area (TPSA) is 48.3 Å². The molecule has 1 aliphatic heterocycles. The first kappa shape index (κ1) is 15.4. The van der Waals surface area contributed by atoms with Crippen LogP contribution < -0.4 is 5.32 Å². The molecule has 0 aromatic carbocycles. The number of hydrogen-bond donors (Lipinski definition) is 1. The van der Waals surface area contributed by atoms with Crippen molar-refractivity contribution in [3.8, 4) is 6.07 Å². The van der Waals surface area contributed by atoms with E-state index >= 15 is 0 Å². The number of nitriles is 1. The minimum atomic E-state index is -0.450. The number of hydrogen-bond acceptors (Lipinski definition) is 4. The fraction of sp³-hybridized carbons (Fsp3) is 0.929. The zero-order chi connectivity index (χ0) is 13.6. The van der Waals surface area contributed by atoms with Crippen LogP contribution >= 0.6 is 0 Å². The largest absolute Gasteiger partial charge is 0.380 e. The maximum Gasteiger partial charge on any atom is 0.116 e. The van der Waals surface area contributed by atoms with Crippen LogP contribution in [0.2, 0.25) is 0 Å². The van der Waals surface area contributed by atoms with Gasteiger partial charge < -0.3 is 4.74 Å². The van der Waals surface area contributed by atoms with Crippen LogP contribution in [0.1, 0.15) is 33.6 Å². The molecule has 3 atom stereocenters. The Balaban J connectivity index is 2.52. The van der Waals surface area contributed by atoms with Crippen molar-refractivity contribution in [1.82, 2.24) is 10.2 Å². The summed E-state index contributed by atoms with van der Waals surface area (Å²) in [7, 11) is 1.78. The summed E-state index contributed by atoms with van der Waals surface area (Å²) in [4.78, 5) is 2.35. The minimum absolute atomic E-state index is 0.299. The molecule has 104 valence electrons. The number of nitrogens with zero attached hydrogens (tertiary/aromatic N) is 2. The Hall–Kier alpha value is -0.630. The second-order valence-corrected chi connectivity index (χ2v) is 5.65. The summed E-state index contributed by atoms with van der Waals surface area (Å²) in [6.07, 6.45) is 2.50. The molecular weight excluding hydrogens is 226 g/mol. The van der Waals surface area contributed by atoms with E-state index in [1.807, 2.05) is 6.92 Å². The molecule has 0 radical (unpaired) electrons. The summed E-state index contributed by atoms with van der Waals surface area (Å²) in [6, 6.07) is 2.41. The van der Waals surface area contributed by atoms with Gasteiger partial charge in [-0.05, 0) is 38.8 Å². The van der Waals surface area contributed by atoms with Crippen LogP contribution in [0.5, 0.6) is 0 Å². The van der Waals surface area contributed by atoms with Crippen molar-refractivity contribution in [3.05, 3.63) is 0 Å². The first-order chi connectivity index (χ1) is 8.54. The molecule has 4 nitrogen and oxygen atoms in total. The van der Waals surface area contributed by atoms with Gasteiger partial charge in [0.05, 0.1) is 12.2 Å². The van der Waals surface area contributed by atoms with E-state index in [0.29, 0.717) is 12.0 Å². The van der Waals surface area contributed by atoms with Gasteiger partial charge in [-0.2, -0.15) is 5.26 Å². The first-order valence-electron chi connectivity index (χ1n) is 6.96. The van der Waals surface area contributed by atoms with E-state index < -0.39 is 5.54 Å². The van der Waals surface area contributed by atoms with Gasteiger partial charge in [0.2, 0.25) is 0 Å². The van der Waals surface area contributed by atoms with Gasteiger partial charge >= 0.3 is 0 Å². The zero-order valence-corrected chi connectivity index (χ0v) is 12.2. The van der Waals surface area contributed by atoms with Crippen molar-refractivity contribution in [3.63, 3.8) is 0 Å². The molecule has 0 aromatic rings. The number of nitrogens with one attached hydrogen (secondary N) is 1. The van der Waals surface area contributed by atoms with E-state index in [0.717, 1.165) is 39.0 Å². The van der Waals surface area contributed by atoms with Gasteiger partial charge in [-0.1, -0.05) is 13.8 Å². The Morgan fingerprint density at radius 1 is 1.56 bits per heavy atom. The number of piperidine rings is 1. The second kappa shape index (κ2) is 7.08. The standard InChI is InChI=1S/C14H27N3O/c1-5-7-16-14(3,10-15)11-17-8-6-12(2)13(9-17)18-4/h12-13,16H,5-9,11H2,1-4H3. The molecule has 3 unspecified atom stereocenters. The fourth-order valence-corrected chi connectivity index (χ4v) is 2.53. The number of likely N-dealkylation sites (tertiary alicyclic amines) is 1. The average Bonchev–Trinajstić information content (AvgIpc) is 2.38. The van der Waals surface area contributed by atoms with Crippen LogP contribution in [0.15, 0.2) is 0 Å². The van der Waals surface area contributed by atoms with Crippen molar-refractivity contribution in [2.24, 2.45) is 5.92 Å². The van der Waals surface area contributed by atoms with E-state index in [2.05, 4.69) is 30.1 Å². The number of ether oxygens (including phenoxy) is 1. The lowest BCUT2D eigenvalue weighted by atomic mass is 9.94. The quantitative estimate of drug-likeness (QED) is 0.781. The molecule has 4 heteroatoms. The van der Waals surface area contributed by atoms with Crippen molar-refractivity contribution in [2.45, 2.75) is 45.3 Å². The number of methoxy groups -OCH3 is 1. The lowest BCUT2D eigenvalue weighted by molar-refractivity contribution is -0.00949. The van der Waals surface area contributed by atoms with Crippen LogP contribution in [0.25, 0.3) is 0 Å². The summed E-state index contributed by atoms with van der Waals surface area (Å²) in [5, 5.41) is 12.7. The molecule has 0 bridgehead atoms. The highest BCUT2D eigenvalue weighted by Gasteiger charge is 2.31. The molecule has 1 fully saturated rings. The van der Waals surface area contributed by atoms with Crippen LogP contribution in [-0.4, -0.2) is 49.8 Å². The summed E-state index contributed by atoms with van der Waals surface area (Å²) in [5.41, 5.74) is -0.450. The monoisotopic (exact) mass is 253 g/mol. The SMILES string of the molecule is CCCNC(C)(C#N)CN1CCC(C)C(OC)C1. The Morgan fingerprint density at radius 3 is 2.83 bits per heavy atom. The Labute approximate surface area is 111 Å². The molecule has 1 N–H and O–H groups in total. The van der Waals surface area contributed by atoms with Crippen LogP contribution in [0.3, 0.4) is 0 Å². The van der Waals surface area contributed by atoms with Gasteiger partial charge in [0.25, 0.3) is 0 Å². The van der Waals surface area contributed by atoms with Gasteiger partial charge in [-0.15, -0.1) is 0 Å². The third-order valence-corrected chi connectivity index (χ3v) is 3.83.